The largest absolute Gasteiger partial charge is 0.362 e. The first-order valence-corrected chi connectivity index (χ1v) is 9.17. The quantitative estimate of drug-likeness (QED) is 0.537. The SMILES string of the molecule is CS(=O)(=O)OC(CCCC1CNCO1)C1=CC=CNS1. The molecule has 0 aromatic heterocycles. The molecule has 0 bridgehead atoms. The summed E-state index contributed by atoms with van der Waals surface area (Å²) in [6, 6.07) is 0. The van der Waals surface area contributed by atoms with Crippen LogP contribution in [0.5, 0.6) is 0 Å². The van der Waals surface area contributed by atoms with E-state index in [1.165, 1.54) is 11.9 Å². The number of hydrogen-bond acceptors (Lipinski definition) is 7. The molecule has 2 rings (SSSR count). The molecule has 8 heteroatoms. The summed E-state index contributed by atoms with van der Waals surface area (Å²) >= 11 is 1.39. The Morgan fingerprint density at radius 2 is 2.45 bits per heavy atom. The predicted molar refractivity (Wildman–Crippen MR) is 79.3 cm³/mol. The lowest BCUT2D eigenvalue weighted by Crippen LogP contribution is -2.22. The van der Waals surface area contributed by atoms with Gasteiger partial charge in [-0.25, -0.2) is 0 Å². The van der Waals surface area contributed by atoms with Gasteiger partial charge in [0.2, 0.25) is 0 Å². The summed E-state index contributed by atoms with van der Waals surface area (Å²) < 4.78 is 36.4. The first-order chi connectivity index (χ1) is 9.54. The van der Waals surface area contributed by atoms with Crippen LogP contribution in [-0.2, 0) is 19.0 Å². The van der Waals surface area contributed by atoms with Gasteiger partial charge in [0.15, 0.2) is 0 Å². The van der Waals surface area contributed by atoms with E-state index in [2.05, 4.69) is 10.0 Å². The Morgan fingerprint density at radius 3 is 3.05 bits per heavy atom. The molecule has 1 fully saturated rings. The number of nitrogens with one attached hydrogen (secondary N) is 2. The van der Waals surface area contributed by atoms with Crippen LogP contribution in [0.25, 0.3) is 0 Å². The Bertz CT molecular complexity index is 470. The van der Waals surface area contributed by atoms with Crippen LogP contribution in [0.15, 0.2) is 23.3 Å². The summed E-state index contributed by atoms with van der Waals surface area (Å²) in [6.45, 7) is 1.46. The molecule has 2 atom stereocenters. The lowest BCUT2D eigenvalue weighted by Gasteiger charge is -2.20. The topological polar surface area (TPSA) is 76.7 Å². The van der Waals surface area contributed by atoms with Crippen molar-refractivity contribution in [1.82, 2.24) is 10.0 Å². The smallest absolute Gasteiger partial charge is 0.264 e. The zero-order valence-corrected chi connectivity index (χ0v) is 13.0. The van der Waals surface area contributed by atoms with Crippen molar-refractivity contribution in [1.29, 1.82) is 0 Å². The van der Waals surface area contributed by atoms with Gasteiger partial charge in [0.25, 0.3) is 10.1 Å². The molecule has 114 valence electrons. The van der Waals surface area contributed by atoms with Crippen molar-refractivity contribution in [2.75, 3.05) is 19.5 Å². The van der Waals surface area contributed by atoms with E-state index in [0.717, 1.165) is 30.5 Å². The molecule has 2 heterocycles. The van der Waals surface area contributed by atoms with Crippen LogP contribution in [0, 0.1) is 0 Å². The lowest BCUT2D eigenvalue weighted by molar-refractivity contribution is 0.102. The van der Waals surface area contributed by atoms with Crippen LogP contribution in [0.2, 0.25) is 0 Å². The molecule has 2 aliphatic rings. The van der Waals surface area contributed by atoms with Gasteiger partial charge in [-0.15, -0.1) is 0 Å². The van der Waals surface area contributed by atoms with Gasteiger partial charge in [0.05, 0.1) is 19.1 Å². The Morgan fingerprint density at radius 1 is 1.60 bits per heavy atom. The zero-order valence-electron chi connectivity index (χ0n) is 11.4. The van der Waals surface area contributed by atoms with Gasteiger partial charge in [-0.3, -0.25) is 9.50 Å². The summed E-state index contributed by atoms with van der Waals surface area (Å²) in [5, 5.41) is 3.13. The highest BCUT2D eigenvalue weighted by molar-refractivity contribution is 8.01. The van der Waals surface area contributed by atoms with Crippen LogP contribution < -0.4 is 10.0 Å². The van der Waals surface area contributed by atoms with Gasteiger partial charge < -0.3 is 9.46 Å². The number of hydrogen-bond donors (Lipinski definition) is 2. The number of ether oxygens (including phenoxy) is 1. The Kier molecular flexibility index (Phi) is 5.91. The summed E-state index contributed by atoms with van der Waals surface area (Å²) in [5.41, 5.74) is 0. The molecule has 2 N–H and O–H groups in total. The standard InChI is InChI=1S/C12H20N2O4S2/c1-20(15,16)18-11(12-6-3-7-14-19-12)5-2-4-10-8-13-9-17-10/h3,6-7,10-11,13-14H,2,4-5,8-9H2,1H3. The fourth-order valence-electron chi connectivity index (χ4n) is 2.11. The first kappa shape index (κ1) is 15.8. The van der Waals surface area contributed by atoms with Gasteiger partial charge >= 0.3 is 0 Å². The van der Waals surface area contributed by atoms with Crippen molar-refractivity contribution in [3.63, 3.8) is 0 Å². The second-order valence-corrected chi connectivity index (χ2v) is 7.27. The third-order valence-electron chi connectivity index (χ3n) is 3.00. The fourth-order valence-corrected chi connectivity index (χ4v) is 3.52. The van der Waals surface area contributed by atoms with E-state index in [9.17, 15) is 8.42 Å². The maximum atomic E-state index is 11.4. The Balaban J connectivity index is 1.88. The normalized spacial score (nSPS) is 24.2. The van der Waals surface area contributed by atoms with Gasteiger partial charge in [-0.05, 0) is 43.4 Å². The highest BCUT2D eigenvalue weighted by Crippen LogP contribution is 2.27. The second kappa shape index (κ2) is 7.46. The Hall–Kier alpha value is -0.540. The monoisotopic (exact) mass is 320 g/mol. The zero-order chi connectivity index (χ0) is 14.4. The van der Waals surface area contributed by atoms with E-state index in [4.69, 9.17) is 8.92 Å². The van der Waals surface area contributed by atoms with E-state index in [1.54, 1.807) is 6.20 Å². The third kappa shape index (κ3) is 5.45. The summed E-state index contributed by atoms with van der Waals surface area (Å²) in [6.07, 6.45) is 8.80. The maximum Gasteiger partial charge on any atom is 0.264 e. The van der Waals surface area contributed by atoms with Crippen LogP contribution in [0.1, 0.15) is 19.3 Å². The molecule has 1 saturated heterocycles. The van der Waals surface area contributed by atoms with Crippen molar-refractivity contribution in [2.45, 2.75) is 31.5 Å². The molecule has 0 aromatic carbocycles. The average molecular weight is 320 g/mol. The highest BCUT2D eigenvalue weighted by Gasteiger charge is 2.22. The summed E-state index contributed by atoms with van der Waals surface area (Å²) in [4.78, 5) is 0.878. The molecular weight excluding hydrogens is 300 g/mol. The van der Waals surface area contributed by atoms with Gasteiger partial charge in [-0.1, -0.05) is 0 Å². The molecule has 0 aromatic rings. The molecule has 0 saturated carbocycles. The lowest BCUT2D eigenvalue weighted by atomic mass is 10.1. The molecule has 2 aliphatic heterocycles. The van der Waals surface area contributed by atoms with Crippen LogP contribution in [0.3, 0.4) is 0 Å². The van der Waals surface area contributed by atoms with E-state index in [1.807, 2.05) is 12.2 Å². The molecule has 2 unspecified atom stereocenters. The minimum atomic E-state index is -3.47. The van der Waals surface area contributed by atoms with E-state index in [-0.39, 0.29) is 6.10 Å². The van der Waals surface area contributed by atoms with E-state index < -0.39 is 16.2 Å². The van der Waals surface area contributed by atoms with Crippen LogP contribution in [0.4, 0.5) is 0 Å². The minimum Gasteiger partial charge on any atom is -0.362 e. The molecule has 0 aliphatic carbocycles. The van der Waals surface area contributed by atoms with E-state index >= 15 is 0 Å². The minimum absolute atomic E-state index is 0.222. The van der Waals surface area contributed by atoms with Crippen LogP contribution >= 0.6 is 11.9 Å². The number of rotatable bonds is 7. The fraction of sp³-hybridized carbons (Fsp3) is 0.667. The van der Waals surface area contributed by atoms with Crippen molar-refractivity contribution in [2.24, 2.45) is 0 Å². The molecular formula is C12H20N2O4S2. The van der Waals surface area contributed by atoms with Crippen molar-refractivity contribution in [3.8, 4) is 0 Å². The molecule has 0 radical (unpaired) electrons. The van der Waals surface area contributed by atoms with Crippen molar-refractivity contribution >= 4 is 22.1 Å². The van der Waals surface area contributed by atoms with Crippen molar-refractivity contribution in [3.05, 3.63) is 23.3 Å². The van der Waals surface area contributed by atoms with Gasteiger partial charge in [0, 0.05) is 17.6 Å². The molecule has 0 spiro atoms. The highest BCUT2D eigenvalue weighted by atomic mass is 32.2. The summed E-state index contributed by atoms with van der Waals surface area (Å²) in [7, 11) is -3.47. The molecule has 6 nitrogen and oxygen atoms in total. The third-order valence-corrected chi connectivity index (χ3v) is 4.47. The van der Waals surface area contributed by atoms with Crippen molar-refractivity contribution < 1.29 is 17.3 Å². The Labute approximate surface area is 124 Å². The summed E-state index contributed by atoms with van der Waals surface area (Å²) in [5.74, 6) is 0. The molecule has 20 heavy (non-hydrogen) atoms. The van der Waals surface area contributed by atoms with Crippen LogP contribution in [-0.4, -0.2) is 40.2 Å². The maximum absolute atomic E-state index is 11.4. The number of allylic oxidation sites excluding steroid dienone is 2. The van der Waals surface area contributed by atoms with Gasteiger partial charge in [-0.2, -0.15) is 8.42 Å². The van der Waals surface area contributed by atoms with E-state index in [0.29, 0.717) is 13.2 Å². The predicted octanol–water partition coefficient (Wildman–Crippen LogP) is 1.10. The second-order valence-electron chi connectivity index (χ2n) is 4.76. The van der Waals surface area contributed by atoms with Gasteiger partial charge in [0.1, 0.15) is 6.10 Å². The average Bonchev–Trinajstić information content (AvgIpc) is 2.90. The molecule has 0 amide bonds. The first-order valence-electron chi connectivity index (χ1n) is 6.54.